The minimum Gasteiger partial charge on any atom is -0.468 e. The lowest BCUT2D eigenvalue weighted by Crippen LogP contribution is -2.41. The van der Waals surface area contributed by atoms with Crippen LogP contribution in [0.5, 0.6) is 0 Å². The largest absolute Gasteiger partial charge is 0.468 e. The third kappa shape index (κ3) is 5.33. The number of amides is 1. The lowest BCUT2D eigenvalue weighted by molar-refractivity contribution is -0.146. The van der Waals surface area contributed by atoms with Crippen LogP contribution in [0.2, 0.25) is 0 Å². The van der Waals surface area contributed by atoms with Crippen LogP contribution in [-0.4, -0.2) is 41.5 Å². The van der Waals surface area contributed by atoms with E-state index in [2.05, 4.69) is 9.72 Å². The molecule has 1 amide bonds. The summed E-state index contributed by atoms with van der Waals surface area (Å²) in [5.41, 5.74) is 0.477. The molecule has 114 valence electrons. The van der Waals surface area contributed by atoms with E-state index in [0.29, 0.717) is 12.0 Å². The van der Waals surface area contributed by atoms with Crippen molar-refractivity contribution in [1.82, 2.24) is 9.88 Å². The van der Waals surface area contributed by atoms with Crippen LogP contribution in [-0.2, 0) is 14.3 Å². The minimum absolute atomic E-state index is 0.105. The number of hydrogen-bond donors (Lipinski definition) is 0. The van der Waals surface area contributed by atoms with Crippen LogP contribution in [0.1, 0.15) is 25.8 Å². The topological polar surface area (TPSA) is 59.5 Å². The molecule has 0 saturated carbocycles. The Morgan fingerprint density at radius 3 is 2.76 bits per heavy atom. The van der Waals surface area contributed by atoms with E-state index in [1.54, 1.807) is 0 Å². The molecule has 6 heteroatoms. The maximum Gasteiger partial charge on any atom is 0.325 e. The SMILES string of the molecule is CCC(C)N(CC(=O)OC)C(=O)C=Cc1cncc(F)c1. The summed E-state index contributed by atoms with van der Waals surface area (Å²) in [5.74, 6) is -1.29. The first-order valence-electron chi connectivity index (χ1n) is 6.64. The van der Waals surface area contributed by atoms with Gasteiger partial charge in [0.1, 0.15) is 12.4 Å². The smallest absolute Gasteiger partial charge is 0.325 e. The molecular formula is C15H19FN2O3. The highest BCUT2D eigenvalue weighted by Crippen LogP contribution is 2.08. The van der Waals surface area contributed by atoms with Crippen molar-refractivity contribution in [2.24, 2.45) is 0 Å². The zero-order valence-electron chi connectivity index (χ0n) is 12.4. The summed E-state index contributed by atoms with van der Waals surface area (Å²) in [6.07, 6.45) is 6.00. The minimum atomic E-state index is -0.482. The fourth-order valence-corrected chi connectivity index (χ4v) is 1.66. The fraction of sp³-hybridized carbons (Fsp3) is 0.400. The Morgan fingerprint density at radius 2 is 2.19 bits per heavy atom. The highest BCUT2D eigenvalue weighted by atomic mass is 19.1. The number of pyridine rings is 1. The lowest BCUT2D eigenvalue weighted by atomic mass is 10.2. The molecule has 0 aromatic carbocycles. The third-order valence-electron chi connectivity index (χ3n) is 3.08. The van der Waals surface area contributed by atoms with Gasteiger partial charge in [-0.3, -0.25) is 14.6 Å². The molecule has 5 nitrogen and oxygen atoms in total. The van der Waals surface area contributed by atoms with Crippen molar-refractivity contribution < 1.29 is 18.7 Å². The summed E-state index contributed by atoms with van der Waals surface area (Å²) >= 11 is 0. The number of rotatable bonds is 6. The standard InChI is InChI=1S/C15H19FN2O3/c1-4-11(2)18(10-15(20)21-3)14(19)6-5-12-7-13(16)9-17-8-12/h5-9,11H,4,10H2,1-3H3. The van der Waals surface area contributed by atoms with E-state index in [1.807, 2.05) is 13.8 Å². The number of methoxy groups -OCH3 is 1. The summed E-state index contributed by atoms with van der Waals surface area (Å²) in [5, 5.41) is 0. The van der Waals surface area contributed by atoms with Crippen molar-refractivity contribution in [3.63, 3.8) is 0 Å². The molecule has 1 heterocycles. The predicted molar refractivity (Wildman–Crippen MR) is 76.7 cm³/mol. The average molecular weight is 294 g/mol. The number of ether oxygens (including phenoxy) is 1. The molecule has 0 bridgehead atoms. The van der Waals surface area contributed by atoms with E-state index in [-0.39, 0.29) is 18.5 Å². The van der Waals surface area contributed by atoms with Gasteiger partial charge in [-0.15, -0.1) is 0 Å². The first-order chi connectivity index (χ1) is 9.97. The van der Waals surface area contributed by atoms with Gasteiger partial charge in [0.2, 0.25) is 5.91 Å². The van der Waals surface area contributed by atoms with Gasteiger partial charge in [0.25, 0.3) is 0 Å². The summed E-state index contributed by atoms with van der Waals surface area (Å²) in [7, 11) is 1.27. The van der Waals surface area contributed by atoms with Gasteiger partial charge in [-0.25, -0.2) is 4.39 Å². The van der Waals surface area contributed by atoms with Gasteiger partial charge in [-0.1, -0.05) is 6.92 Å². The molecule has 0 N–H and O–H groups in total. The van der Waals surface area contributed by atoms with Gasteiger partial charge in [0.15, 0.2) is 0 Å². The monoisotopic (exact) mass is 294 g/mol. The second-order valence-electron chi connectivity index (χ2n) is 4.57. The maximum absolute atomic E-state index is 13.0. The Balaban J connectivity index is 2.82. The number of nitrogens with zero attached hydrogens (tertiary/aromatic N) is 2. The van der Waals surface area contributed by atoms with E-state index in [4.69, 9.17) is 0 Å². The molecule has 0 saturated heterocycles. The Bertz CT molecular complexity index is 531. The quantitative estimate of drug-likeness (QED) is 0.595. The van der Waals surface area contributed by atoms with Crippen molar-refractivity contribution in [3.8, 4) is 0 Å². The van der Waals surface area contributed by atoms with Crippen molar-refractivity contribution in [2.75, 3.05) is 13.7 Å². The summed E-state index contributed by atoms with van der Waals surface area (Å²) < 4.78 is 17.6. The Hall–Kier alpha value is -2.24. The van der Waals surface area contributed by atoms with Gasteiger partial charge in [-0.05, 0) is 31.1 Å². The van der Waals surface area contributed by atoms with Gasteiger partial charge in [-0.2, -0.15) is 0 Å². The molecular weight excluding hydrogens is 275 g/mol. The summed E-state index contributed by atoms with van der Waals surface area (Å²) in [4.78, 5) is 28.6. The van der Waals surface area contributed by atoms with Crippen LogP contribution in [0.25, 0.3) is 6.08 Å². The number of halogens is 1. The molecule has 1 unspecified atom stereocenters. The molecule has 1 aromatic rings. The van der Waals surface area contributed by atoms with Gasteiger partial charge < -0.3 is 9.64 Å². The zero-order chi connectivity index (χ0) is 15.8. The lowest BCUT2D eigenvalue weighted by Gasteiger charge is -2.26. The van der Waals surface area contributed by atoms with Crippen LogP contribution in [0.4, 0.5) is 4.39 Å². The van der Waals surface area contributed by atoms with Crippen molar-refractivity contribution in [1.29, 1.82) is 0 Å². The number of aromatic nitrogens is 1. The Kier molecular flexibility index (Phi) is 6.52. The summed E-state index contributed by atoms with van der Waals surface area (Å²) in [6, 6.07) is 1.16. The molecule has 0 spiro atoms. The van der Waals surface area contributed by atoms with Crippen molar-refractivity contribution in [3.05, 3.63) is 35.9 Å². The van der Waals surface area contributed by atoms with E-state index in [0.717, 1.165) is 6.20 Å². The van der Waals surface area contributed by atoms with Crippen LogP contribution in [0.15, 0.2) is 24.5 Å². The number of carbonyl (C=O) groups is 2. The third-order valence-corrected chi connectivity index (χ3v) is 3.08. The average Bonchev–Trinajstić information content (AvgIpc) is 2.49. The zero-order valence-corrected chi connectivity index (χ0v) is 12.4. The normalized spacial score (nSPS) is 12.2. The van der Waals surface area contributed by atoms with E-state index in [9.17, 15) is 14.0 Å². The predicted octanol–water partition coefficient (Wildman–Crippen LogP) is 2.03. The van der Waals surface area contributed by atoms with Gasteiger partial charge in [0.05, 0.1) is 13.3 Å². The van der Waals surface area contributed by atoms with Crippen molar-refractivity contribution >= 4 is 18.0 Å². The molecule has 0 fully saturated rings. The Labute approximate surface area is 123 Å². The van der Waals surface area contributed by atoms with Crippen LogP contribution in [0.3, 0.4) is 0 Å². The van der Waals surface area contributed by atoms with E-state index >= 15 is 0 Å². The van der Waals surface area contributed by atoms with Crippen LogP contribution >= 0.6 is 0 Å². The summed E-state index contributed by atoms with van der Waals surface area (Å²) in [6.45, 7) is 3.65. The van der Waals surface area contributed by atoms with Crippen molar-refractivity contribution in [2.45, 2.75) is 26.3 Å². The number of esters is 1. The first kappa shape index (κ1) is 16.8. The first-order valence-corrected chi connectivity index (χ1v) is 6.64. The van der Waals surface area contributed by atoms with Crippen LogP contribution < -0.4 is 0 Å². The fourth-order valence-electron chi connectivity index (χ4n) is 1.66. The van der Waals surface area contributed by atoms with Gasteiger partial charge >= 0.3 is 5.97 Å². The van der Waals surface area contributed by atoms with E-state index in [1.165, 1.54) is 36.4 Å². The van der Waals surface area contributed by atoms with E-state index < -0.39 is 11.8 Å². The number of carbonyl (C=O) groups excluding carboxylic acids is 2. The van der Waals surface area contributed by atoms with Crippen LogP contribution in [0, 0.1) is 5.82 Å². The Morgan fingerprint density at radius 1 is 1.48 bits per heavy atom. The molecule has 1 aromatic heterocycles. The maximum atomic E-state index is 13.0. The molecule has 0 aliphatic heterocycles. The molecule has 0 radical (unpaired) electrons. The second kappa shape index (κ2) is 8.14. The highest BCUT2D eigenvalue weighted by Gasteiger charge is 2.20. The highest BCUT2D eigenvalue weighted by molar-refractivity contribution is 5.93. The van der Waals surface area contributed by atoms with Gasteiger partial charge in [0, 0.05) is 18.3 Å². The molecule has 1 rings (SSSR count). The molecule has 1 atom stereocenters. The number of hydrogen-bond acceptors (Lipinski definition) is 4. The molecule has 0 aliphatic carbocycles. The molecule has 21 heavy (non-hydrogen) atoms. The second-order valence-corrected chi connectivity index (χ2v) is 4.57. The molecule has 0 aliphatic rings.